The summed E-state index contributed by atoms with van der Waals surface area (Å²) in [6.07, 6.45) is 0. The van der Waals surface area contributed by atoms with Gasteiger partial charge in [-0.15, -0.1) is 0 Å². The van der Waals surface area contributed by atoms with Crippen molar-refractivity contribution in [3.63, 3.8) is 0 Å². The Morgan fingerprint density at radius 1 is 1.17 bits per heavy atom. The first kappa shape index (κ1) is 16.4. The lowest BCUT2D eigenvalue weighted by Gasteiger charge is -2.22. The summed E-state index contributed by atoms with van der Waals surface area (Å²) in [6, 6.07) is 14.3. The van der Waals surface area contributed by atoms with E-state index in [1.54, 1.807) is 53.1 Å². The van der Waals surface area contributed by atoms with Crippen LogP contribution in [-0.2, 0) is 0 Å². The Labute approximate surface area is 149 Å². The van der Waals surface area contributed by atoms with Crippen LogP contribution in [0.25, 0.3) is 0 Å². The largest absolute Gasteiger partial charge is 0.268 e. The summed E-state index contributed by atoms with van der Waals surface area (Å²) in [4.78, 5) is 19.2. The minimum absolute atomic E-state index is 0.157. The van der Waals surface area contributed by atoms with Crippen LogP contribution in [0.3, 0.4) is 0 Å². The lowest BCUT2D eigenvalue weighted by Crippen LogP contribution is -2.34. The van der Waals surface area contributed by atoms with Crippen LogP contribution < -0.4 is 4.90 Å². The average Bonchev–Trinajstić information content (AvgIpc) is 2.95. The van der Waals surface area contributed by atoms with Gasteiger partial charge >= 0.3 is 0 Å². The smallest absolute Gasteiger partial charge is 0.264 e. The highest BCUT2D eigenvalue weighted by Gasteiger charge is 2.27. The Morgan fingerprint density at radius 2 is 1.91 bits per heavy atom. The summed E-state index contributed by atoms with van der Waals surface area (Å²) in [7, 11) is 0. The van der Waals surface area contributed by atoms with Gasteiger partial charge in [0.25, 0.3) is 5.91 Å². The van der Waals surface area contributed by atoms with Gasteiger partial charge in [-0.25, -0.2) is 0 Å². The van der Waals surface area contributed by atoms with Gasteiger partial charge in [0, 0.05) is 21.4 Å². The normalized spacial score (nSPS) is 17.0. The Bertz CT molecular complexity index is 761. The molecule has 0 fully saturated rings. The van der Waals surface area contributed by atoms with Crippen LogP contribution in [0.5, 0.6) is 0 Å². The predicted octanol–water partition coefficient (Wildman–Crippen LogP) is 5.13. The summed E-state index contributed by atoms with van der Waals surface area (Å²) in [5.41, 5.74) is 1.26. The highest BCUT2D eigenvalue weighted by Crippen LogP contribution is 2.28. The molecule has 1 aliphatic heterocycles. The molecule has 0 saturated carbocycles. The molecule has 0 spiro atoms. The van der Waals surface area contributed by atoms with Crippen molar-refractivity contribution in [2.24, 2.45) is 4.99 Å². The molecule has 2 aromatic rings. The molecule has 0 aromatic heterocycles. The number of hydrogen-bond donors (Lipinski definition) is 0. The van der Waals surface area contributed by atoms with E-state index >= 15 is 0 Å². The van der Waals surface area contributed by atoms with E-state index in [2.05, 4.69) is 4.99 Å². The lowest BCUT2D eigenvalue weighted by atomic mass is 10.2. The van der Waals surface area contributed by atoms with E-state index in [1.165, 1.54) is 0 Å². The zero-order chi connectivity index (χ0) is 16.4. The van der Waals surface area contributed by atoms with Crippen molar-refractivity contribution >= 4 is 51.7 Å². The summed E-state index contributed by atoms with van der Waals surface area (Å²) in [5.74, 6) is 0.706. The second-order valence-corrected chi connectivity index (χ2v) is 7.06. The number of thioether (sulfide) groups is 1. The molecule has 0 N–H and O–H groups in total. The van der Waals surface area contributed by atoms with Crippen molar-refractivity contribution in [1.29, 1.82) is 0 Å². The van der Waals surface area contributed by atoms with Gasteiger partial charge in [-0.1, -0.05) is 41.0 Å². The van der Waals surface area contributed by atoms with Crippen molar-refractivity contribution in [2.45, 2.75) is 13.0 Å². The highest BCUT2D eigenvalue weighted by atomic mass is 35.5. The lowest BCUT2D eigenvalue weighted by molar-refractivity contribution is 0.100. The van der Waals surface area contributed by atoms with Gasteiger partial charge in [-0.05, 0) is 49.4 Å². The van der Waals surface area contributed by atoms with Crippen molar-refractivity contribution in [3.8, 4) is 0 Å². The Hall–Kier alpha value is -1.49. The SMILES string of the molecule is C[C@H]1CSC(N(C(=O)c2cccc(Cl)c2)c2ccc(Cl)cc2)=N1. The van der Waals surface area contributed by atoms with E-state index in [0.29, 0.717) is 20.8 Å². The number of carbonyl (C=O) groups excluding carboxylic acids is 1. The van der Waals surface area contributed by atoms with Crippen LogP contribution in [0, 0.1) is 0 Å². The molecule has 1 heterocycles. The number of carbonyl (C=O) groups is 1. The Kier molecular flexibility index (Phi) is 4.95. The molecule has 1 amide bonds. The molecule has 6 heteroatoms. The van der Waals surface area contributed by atoms with E-state index in [1.807, 2.05) is 19.1 Å². The zero-order valence-corrected chi connectivity index (χ0v) is 14.7. The van der Waals surface area contributed by atoms with Crippen LogP contribution in [-0.4, -0.2) is 22.9 Å². The monoisotopic (exact) mass is 364 g/mol. The molecule has 0 saturated heterocycles. The van der Waals surface area contributed by atoms with E-state index in [0.717, 1.165) is 11.4 Å². The summed E-state index contributed by atoms with van der Waals surface area (Å²) in [5, 5.41) is 1.85. The molecular weight excluding hydrogens is 351 g/mol. The fraction of sp³-hybridized carbons (Fsp3) is 0.176. The first-order valence-electron chi connectivity index (χ1n) is 7.11. The molecular formula is C17H14Cl2N2OS. The summed E-state index contributed by atoms with van der Waals surface area (Å²) >= 11 is 13.6. The van der Waals surface area contributed by atoms with E-state index in [9.17, 15) is 4.79 Å². The number of hydrogen-bond acceptors (Lipinski definition) is 3. The molecule has 3 nitrogen and oxygen atoms in total. The summed E-state index contributed by atoms with van der Waals surface area (Å²) in [6.45, 7) is 2.03. The van der Waals surface area contributed by atoms with E-state index in [4.69, 9.17) is 23.2 Å². The van der Waals surface area contributed by atoms with Gasteiger partial charge in [-0.2, -0.15) is 0 Å². The second-order valence-electron chi connectivity index (χ2n) is 5.20. The average molecular weight is 365 g/mol. The van der Waals surface area contributed by atoms with Crippen LogP contribution in [0.15, 0.2) is 53.5 Å². The molecule has 0 bridgehead atoms. The van der Waals surface area contributed by atoms with Crippen LogP contribution in [0.2, 0.25) is 10.0 Å². The van der Waals surface area contributed by atoms with Crippen LogP contribution >= 0.6 is 35.0 Å². The van der Waals surface area contributed by atoms with E-state index in [-0.39, 0.29) is 11.9 Å². The third-order valence-corrected chi connectivity index (χ3v) is 5.02. The summed E-state index contributed by atoms with van der Waals surface area (Å²) < 4.78 is 0. The van der Waals surface area contributed by atoms with Crippen molar-refractivity contribution in [3.05, 3.63) is 64.1 Å². The minimum atomic E-state index is -0.157. The molecule has 2 aromatic carbocycles. The van der Waals surface area contributed by atoms with Crippen LogP contribution in [0.4, 0.5) is 5.69 Å². The van der Waals surface area contributed by atoms with Gasteiger partial charge in [0.1, 0.15) is 0 Å². The number of nitrogens with zero attached hydrogens (tertiary/aromatic N) is 2. The number of anilines is 1. The first-order chi connectivity index (χ1) is 11.0. The molecule has 0 radical (unpaired) electrons. The van der Waals surface area contributed by atoms with Crippen molar-refractivity contribution in [1.82, 2.24) is 0 Å². The maximum Gasteiger partial charge on any atom is 0.264 e. The Morgan fingerprint density at radius 3 is 2.52 bits per heavy atom. The number of amides is 1. The van der Waals surface area contributed by atoms with Crippen molar-refractivity contribution < 1.29 is 4.79 Å². The third-order valence-electron chi connectivity index (χ3n) is 3.34. The number of amidine groups is 1. The quantitative estimate of drug-likeness (QED) is 0.739. The number of aliphatic imine (C=N–C) groups is 1. The molecule has 118 valence electrons. The molecule has 0 unspecified atom stereocenters. The fourth-order valence-corrected chi connectivity index (χ4v) is 3.59. The Balaban J connectivity index is 2.03. The van der Waals surface area contributed by atoms with Crippen molar-refractivity contribution in [2.75, 3.05) is 10.7 Å². The number of benzene rings is 2. The molecule has 1 aliphatic rings. The fourth-order valence-electron chi connectivity index (χ4n) is 2.24. The third kappa shape index (κ3) is 3.71. The number of halogens is 2. The topological polar surface area (TPSA) is 32.7 Å². The van der Waals surface area contributed by atoms with Gasteiger partial charge in [0.05, 0.1) is 11.7 Å². The van der Waals surface area contributed by atoms with Gasteiger partial charge < -0.3 is 0 Å². The molecule has 23 heavy (non-hydrogen) atoms. The highest BCUT2D eigenvalue weighted by molar-refractivity contribution is 8.14. The van der Waals surface area contributed by atoms with Gasteiger partial charge in [-0.3, -0.25) is 14.7 Å². The number of rotatable bonds is 2. The van der Waals surface area contributed by atoms with Gasteiger partial charge in [0.15, 0.2) is 5.17 Å². The molecule has 0 aliphatic carbocycles. The standard InChI is InChI=1S/C17H14Cl2N2OS/c1-11-10-23-17(20-11)21(15-7-5-13(18)6-8-15)16(22)12-3-2-4-14(19)9-12/h2-9,11H,10H2,1H3/t11-/m0/s1. The predicted molar refractivity (Wildman–Crippen MR) is 99.1 cm³/mol. The molecule has 3 rings (SSSR count). The molecule has 1 atom stereocenters. The van der Waals surface area contributed by atoms with Crippen LogP contribution in [0.1, 0.15) is 17.3 Å². The van der Waals surface area contributed by atoms with Gasteiger partial charge in [0.2, 0.25) is 0 Å². The second kappa shape index (κ2) is 6.95. The minimum Gasteiger partial charge on any atom is -0.268 e. The maximum atomic E-state index is 13.0. The maximum absolute atomic E-state index is 13.0. The van der Waals surface area contributed by atoms with E-state index < -0.39 is 0 Å². The zero-order valence-electron chi connectivity index (χ0n) is 12.4. The first-order valence-corrected chi connectivity index (χ1v) is 8.85.